The highest BCUT2D eigenvalue weighted by Crippen LogP contribution is 2.32. The largest absolute Gasteiger partial charge is 0.504 e. The number of aromatic hydroxyl groups is 1. The number of aryl methyl sites for hydroxylation is 1. The summed E-state index contributed by atoms with van der Waals surface area (Å²) < 4.78 is 6.01. The van der Waals surface area contributed by atoms with Gasteiger partial charge >= 0.3 is 0 Å². The second-order valence-electron chi connectivity index (χ2n) is 10.0. The average molecular weight is 485 g/mol. The maximum absolute atomic E-state index is 12.3. The molecule has 35 heavy (non-hydrogen) atoms. The van der Waals surface area contributed by atoms with Crippen LogP contribution in [0.4, 0.5) is 0 Å². The van der Waals surface area contributed by atoms with Crippen molar-refractivity contribution in [2.24, 2.45) is 10.9 Å². The van der Waals surface area contributed by atoms with Crippen LogP contribution in [0.15, 0.2) is 46.7 Å². The summed E-state index contributed by atoms with van der Waals surface area (Å²) in [6.45, 7) is 7.41. The van der Waals surface area contributed by atoms with Crippen molar-refractivity contribution in [2.45, 2.75) is 84.3 Å². The predicted molar refractivity (Wildman–Crippen MR) is 137 cm³/mol. The number of carbonyl (C=O) groups is 1. The zero-order valence-electron chi connectivity index (χ0n) is 21.2. The maximum atomic E-state index is 12.3. The summed E-state index contributed by atoms with van der Waals surface area (Å²) in [5.41, 5.74) is 4.37. The van der Waals surface area contributed by atoms with Gasteiger partial charge in [-0.3, -0.25) is 9.79 Å². The number of rotatable bonds is 15. The van der Waals surface area contributed by atoms with Crippen molar-refractivity contribution in [3.63, 3.8) is 0 Å². The fraction of sp³-hybridized carbons (Fsp3) is 0.571. The van der Waals surface area contributed by atoms with Gasteiger partial charge in [0.2, 0.25) is 0 Å². The Bertz CT molecular complexity index is 966. The lowest BCUT2D eigenvalue weighted by Crippen LogP contribution is -2.27. The molecule has 2 aliphatic rings. The Kier molecular flexibility index (Phi) is 9.93. The second kappa shape index (κ2) is 12.9. The number of Topliss-reactive ketones (excluding diaryl/α,β-unsaturated/α-hetero) is 1. The SMILES string of the molecule is CCCC(O)CC(O)CC(=O)CCc1ccc(O)c(OCN2CC3=NC=CC3=C2CCC(C)C)c1. The number of hydrogen-bond acceptors (Lipinski definition) is 7. The molecule has 2 unspecified atom stereocenters. The molecule has 3 rings (SSSR count). The minimum Gasteiger partial charge on any atom is -0.504 e. The van der Waals surface area contributed by atoms with Gasteiger partial charge in [0, 0.05) is 30.3 Å². The molecule has 0 aromatic heterocycles. The van der Waals surface area contributed by atoms with Gasteiger partial charge in [-0.15, -0.1) is 0 Å². The summed E-state index contributed by atoms with van der Waals surface area (Å²) in [6.07, 6.45) is 7.07. The molecular formula is C28H40N2O5. The van der Waals surface area contributed by atoms with E-state index in [1.807, 2.05) is 13.1 Å². The Morgan fingerprint density at radius 3 is 2.71 bits per heavy atom. The van der Waals surface area contributed by atoms with E-state index in [0.29, 0.717) is 37.8 Å². The van der Waals surface area contributed by atoms with E-state index in [-0.39, 0.29) is 30.8 Å². The van der Waals surface area contributed by atoms with E-state index in [9.17, 15) is 20.1 Å². The lowest BCUT2D eigenvalue weighted by atomic mass is 10.00. The van der Waals surface area contributed by atoms with Crippen molar-refractivity contribution in [1.29, 1.82) is 0 Å². The van der Waals surface area contributed by atoms with Crippen LogP contribution in [0.25, 0.3) is 0 Å². The number of ether oxygens (including phenoxy) is 1. The van der Waals surface area contributed by atoms with Crippen molar-refractivity contribution in [3.05, 3.63) is 47.3 Å². The number of nitrogens with zero attached hydrogens (tertiary/aromatic N) is 2. The molecule has 0 spiro atoms. The van der Waals surface area contributed by atoms with Gasteiger partial charge < -0.3 is 25.0 Å². The molecule has 0 saturated heterocycles. The minimum absolute atomic E-state index is 0.0450. The topological polar surface area (TPSA) is 103 Å². The van der Waals surface area contributed by atoms with Crippen LogP contribution in [0, 0.1) is 5.92 Å². The van der Waals surface area contributed by atoms with Crippen LogP contribution in [-0.4, -0.2) is 57.2 Å². The zero-order chi connectivity index (χ0) is 25.4. The Balaban J connectivity index is 1.53. The number of ketones is 1. The van der Waals surface area contributed by atoms with Crippen LogP contribution in [0.3, 0.4) is 0 Å². The van der Waals surface area contributed by atoms with E-state index in [4.69, 9.17) is 4.74 Å². The highest BCUT2D eigenvalue weighted by Gasteiger charge is 2.28. The molecule has 7 nitrogen and oxygen atoms in total. The third kappa shape index (κ3) is 7.94. The van der Waals surface area contributed by atoms with E-state index < -0.39 is 12.2 Å². The molecule has 3 N–H and O–H groups in total. The summed E-state index contributed by atoms with van der Waals surface area (Å²) in [5.74, 6) is 1.01. The number of fused-ring (bicyclic) bond motifs is 1. The van der Waals surface area contributed by atoms with Gasteiger partial charge in [-0.1, -0.05) is 33.3 Å². The molecule has 2 aliphatic heterocycles. The number of carbonyl (C=O) groups excluding carboxylic acids is 1. The van der Waals surface area contributed by atoms with Gasteiger partial charge in [-0.25, -0.2) is 0 Å². The number of aliphatic imine (C=N–C) groups is 1. The first kappa shape index (κ1) is 27.0. The number of hydrogen-bond donors (Lipinski definition) is 3. The highest BCUT2D eigenvalue weighted by molar-refractivity contribution is 6.08. The Hall–Kier alpha value is -2.64. The van der Waals surface area contributed by atoms with Gasteiger partial charge in [0.25, 0.3) is 0 Å². The molecule has 192 valence electrons. The first-order valence-electron chi connectivity index (χ1n) is 12.8. The van der Waals surface area contributed by atoms with E-state index >= 15 is 0 Å². The van der Waals surface area contributed by atoms with E-state index in [1.165, 1.54) is 11.3 Å². The molecule has 0 amide bonds. The van der Waals surface area contributed by atoms with Crippen molar-refractivity contribution in [3.8, 4) is 11.5 Å². The molecule has 0 bridgehead atoms. The third-order valence-corrected chi connectivity index (χ3v) is 6.50. The van der Waals surface area contributed by atoms with Gasteiger partial charge in [-0.05, 0) is 61.8 Å². The number of aliphatic hydroxyl groups excluding tert-OH is 2. The molecule has 0 aliphatic carbocycles. The Morgan fingerprint density at radius 1 is 1.17 bits per heavy atom. The zero-order valence-corrected chi connectivity index (χ0v) is 21.2. The molecule has 7 heteroatoms. The molecule has 0 saturated carbocycles. The van der Waals surface area contributed by atoms with Gasteiger partial charge in [0.1, 0.15) is 5.78 Å². The first-order valence-corrected chi connectivity index (χ1v) is 12.8. The maximum Gasteiger partial charge on any atom is 0.163 e. The molecule has 2 atom stereocenters. The molecule has 1 aromatic rings. The van der Waals surface area contributed by atoms with Crippen LogP contribution < -0.4 is 4.74 Å². The van der Waals surface area contributed by atoms with Crippen LogP contribution in [0.5, 0.6) is 11.5 Å². The average Bonchev–Trinajstić information content (AvgIpc) is 3.37. The first-order chi connectivity index (χ1) is 16.8. The van der Waals surface area contributed by atoms with Crippen LogP contribution in [-0.2, 0) is 11.2 Å². The van der Waals surface area contributed by atoms with Crippen molar-refractivity contribution in [1.82, 2.24) is 4.90 Å². The summed E-state index contributed by atoms with van der Waals surface area (Å²) in [4.78, 5) is 18.9. The van der Waals surface area contributed by atoms with Crippen molar-refractivity contribution in [2.75, 3.05) is 13.3 Å². The fourth-order valence-electron chi connectivity index (χ4n) is 4.52. The molecule has 0 fully saturated rings. The number of phenols is 1. The second-order valence-corrected chi connectivity index (χ2v) is 10.0. The monoisotopic (exact) mass is 484 g/mol. The smallest absolute Gasteiger partial charge is 0.163 e. The molecular weight excluding hydrogens is 444 g/mol. The third-order valence-electron chi connectivity index (χ3n) is 6.50. The highest BCUT2D eigenvalue weighted by atomic mass is 16.5. The standard InChI is InChI=1S/C28H40N2O5/c1-4-5-21(31)15-23(33)16-22(32)9-7-20-8-11-27(34)28(14-20)35-18-30-17-25-24(12-13-29-25)26(30)10-6-19(2)3/h8,11-14,19,21,23,31,33-34H,4-7,9-10,15-18H2,1-3H3. The van der Waals surface area contributed by atoms with Gasteiger partial charge in [0.05, 0.1) is 24.5 Å². The lowest BCUT2D eigenvalue weighted by Gasteiger charge is -2.23. The predicted octanol–water partition coefficient (Wildman–Crippen LogP) is 4.51. The van der Waals surface area contributed by atoms with Crippen LogP contribution in [0.2, 0.25) is 0 Å². The van der Waals surface area contributed by atoms with Crippen LogP contribution in [0.1, 0.15) is 71.3 Å². The summed E-state index contributed by atoms with van der Waals surface area (Å²) in [5, 5.41) is 30.2. The normalized spacial score (nSPS) is 16.6. The molecule has 0 radical (unpaired) electrons. The number of allylic oxidation sites excluding steroid dienone is 2. The Morgan fingerprint density at radius 2 is 1.97 bits per heavy atom. The quantitative estimate of drug-likeness (QED) is 0.339. The molecule has 1 aromatic carbocycles. The van der Waals surface area contributed by atoms with E-state index in [1.54, 1.807) is 18.2 Å². The number of benzene rings is 1. The Labute approximate surface area is 208 Å². The minimum atomic E-state index is -0.818. The van der Waals surface area contributed by atoms with Crippen molar-refractivity contribution >= 4 is 11.5 Å². The lowest BCUT2D eigenvalue weighted by molar-refractivity contribution is -0.121. The number of aliphatic hydroxyl groups is 2. The molecule has 2 heterocycles. The van der Waals surface area contributed by atoms with Crippen LogP contribution >= 0.6 is 0 Å². The van der Waals surface area contributed by atoms with E-state index in [0.717, 1.165) is 30.5 Å². The summed E-state index contributed by atoms with van der Waals surface area (Å²) in [6, 6.07) is 5.15. The summed E-state index contributed by atoms with van der Waals surface area (Å²) in [7, 11) is 0. The fourth-order valence-corrected chi connectivity index (χ4v) is 4.52. The van der Waals surface area contributed by atoms with E-state index in [2.05, 4.69) is 29.8 Å². The summed E-state index contributed by atoms with van der Waals surface area (Å²) >= 11 is 0. The number of phenolic OH excluding ortho intramolecular Hbond substituents is 1. The van der Waals surface area contributed by atoms with Gasteiger partial charge in [-0.2, -0.15) is 0 Å². The van der Waals surface area contributed by atoms with Gasteiger partial charge in [0.15, 0.2) is 18.2 Å². The van der Waals surface area contributed by atoms with Crippen molar-refractivity contribution < 1.29 is 24.9 Å².